The number of carbonyl (C=O) groups excluding carboxylic acids is 1. The molecule has 0 unspecified atom stereocenters. The summed E-state index contributed by atoms with van der Waals surface area (Å²) in [6, 6.07) is 4.19. The molecule has 0 radical (unpaired) electrons. The Morgan fingerprint density at radius 2 is 2.11 bits per heavy atom. The predicted octanol–water partition coefficient (Wildman–Crippen LogP) is 1.22. The number of carbonyl (C=O) groups is 1. The molecule has 0 spiro atoms. The zero-order valence-electron chi connectivity index (χ0n) is 10.6. The first-order valence-electron chi connectivity index (χ1n) is 5.74. The molecule has 0 fully saturated rings. The third-order valence-corrected chi connectivity index (χ3v) is 2.51. The number of nitrogens with zero attached hydrogens (tertiary/aromatic N) is 1. The average molecular weight is 255 g/mol. The molecule has 0 aliphatic carbocycles. The molecule has 0 aliphatic rings. The van der Waals surface area contributed by atoms with Gasteiger partial charge in [-0.3, -0.25) is 4.79 Å². The lowest BCUT2D eigenvalue weighted by atomic mass is 10.1. The van der Waals surface area contributed by atoms with Gasteiger partial charge in [0.05, 0.1) is 13.2 Å². The van der Waals surface area contributed by atoms with Gasteiger partial charge in [-0.15, -0.1) is 0 Å². The van der Waals surface area contributed by atoms with E-state index < -0.39 is 5.82 Å². The number of methoxy groups -OCH3 is 1. The van der Waals surface area contributed by atoms with Gasteiger partial charge >= 0.3 is 0 Å². The van der Waals surface area contributed by atoms with Crippen LogP contribution in [0.4, 0.5) is 4.39 Å². The minimum Gasteiger partial charge on any atom is -0.395 e. The maximum Gasteiger partial charge on any atom is 0.254 e. The van der Waals surface area contributed by atoms with Gasteiger partial charge in [0.15, 0.2) is 0 Å². The van der Waals surface area contributed by atoms with E-state index >= 15 is 0 Å². The van der Waals surface area contributed by atoms with Crippen molar-refractivity contribution < 1.29 is 19.0 Å². The lowest BCUT2D eigenvalue weighted by Crippen LogP contribution is -2.36. The number of aliphatic hydroxyl groups is 1. The molecule has 0 aromatic heterocycles. The summed E-state index contributed by atoms with van der Waals surface area (Å²) in [6.45, 7) is 2.54. The number of rotatable bonds is 6. The highest BCUT2D eigenvalue weighted by Crippen LogP contribution is 2.11. The molecule has 4 nitrogen and oxygen atoms in total. The van der Waals surface area contributed by atoms with Crippen molar-refractivity contribution in [3.63, 3.8) is 0 Å². The van der Waals surface area contributed by atoms with E-state index in [1.54, 1.807) is 13.0 Å². The van der Waals surface area contributed by atoms with E-state index in [1.165, 1.54) is 24.1 Å². The van der Waals surface area contributed by atoms with E-state index in [9.17, 15) is 9.18 Å². The van der Waals surface area contributed by atoms with E-state index in [-0.39, 0.29) is 24.6 Å². The largest absolute Gasteiger partial charge is 0.395 e. The summed E-state index contributed by atoms with van der Waals surface area (Å²) in [5.74, 6) is -0.738. The fraction of sp³-hybridized carbons (Fsp3) is 0.462. The second-order valence-corrected chi connectivity index (χ2v) is 4.03. The number of hydrogen-bond donors (Lipinski definition) is 1. The average Bonchev–Trinajstić information content (AvgIpc) is 2.32. The first-order chi connectivity index (χ1) is 8.58. The molecule has 5 heteroatoms. The van der Waals surface area contributed by atoms with Gasteiger partial charge in [0, 0.05) is 25.8 Å². The quantitative estimate of drug-likeness (QED) is 0.831. The van der Waals surface area contributed by atoms with Crippen LogP contribution in [-0.2, 0) is 4.74 Å². The molecule has 1 aromatic carbocycles. The molecule has 0 atom stereocenters. The Hall–Kier alpha value is -1.46. The lowest BCUT2D eigenvalue weighted by Gasteiger charge is -2.21. The highest BCUT2D eigenvalue weighted by atomic mass is 19.1. The number of aliphatic hydroxyl groups excluding tert-OH is 1. The summed E-state index contributed by atoms with van der Waals surface area (Å²) < 4.78 is 18.1. The number of amides is 1. The molecule has 1 rings (SSSR count). The zero-order valence-corrected chi connectivity index (χ0v) is 10.6. The second-order valence-electron chi connectivity index (χ2n) is 4.03. The Labute approximate surface area is 106 Å². The van der Waals surface area contributed by atoms with Gasteiger partial charge in [0.25, 0.3) is 5.91 Å². The van der Waals surface area contributed by atoms with Gasteiger partial charge in [-0.2, -0.15) is 0 Å². The van der Waals surface area contributed by atoms with Crippen molar-refractivity contribution in [2.75, 3.05) is 33.4 Å². The van der Waals surface area contributed by atoms with Crippen LogP contribution < -0.4 is 0 Å². The monoisotopic (exact) mass is 255 g/mol. The maximum absolute atomic E-state index is 13.2. The van der Waals surface area contributed by atoms with Crippen LogP contribution in [0.25, 0.3) is 0 Å². The van der Waals surface area contributed by atoms with Gasteiger partial charge in [-0.1, -0.05) is 0 Å². The third-order valence-electron chi connectivity index (χ3n) is 2.51. The predicted molar refractivity (Wildman–Crippen MR) is 66.0 cm³/mol. The van der Waals surface area contributed by atoms with Crippen molar-refractivity contribution in [3.8, 4) is 0 Å². The van der Waals surface area contributed by atoms with E-state index in [1.807, 2.05) is 0 Å². The van der Waals surface area contributed by atoms with Crippen LogP contribution in [0.15, 0.2) is 18.2 Å². The third kappa shape index (κ3) is 4.09. The Balaban J connectivity index is 2.86. The Morgan fingerprint density at radius 1 is 1.39 bits per heavy atom. The minimum absolute atomic E-state index is 0.135. The topological polar surface area (TPSA) is 49.8 Å². The van der Waals surface area contributed by atoms with E-state index in [4.69, 9.17) is 9.84 Å². The zero-order chi connectivity index (χ0) is 13.5. The molecule has 0 saturated heterocycles. The van der Waals surface area contributed by atoms with Crippen molar-refractivity contribution in [3.05, 3.63) is 35.1 Å². The molecule has 0 aliphatic heterocycles. The summed E-state index contributed by atoms with van der Waals surface area (Å²) in [7, 11) is 1.54. The molecular weight excluding hydrogens is 237 g/mol. The Morgan fingerprint density at radius 3 is 2.67 bits per heavy atom. The molecule has 0 bridgehead atoms. The minimum atomic E-state index is -0.436. The van der Waals surface area contributed by atoms with Crippen molar-refractivity contribution >= 4 is 5.91 Å². The summed E-state index contributed by atoms with van der Waals surface area (Å²) >= 11 is 0. The maximum atomic E-state index is 13.2. The summed E-state index contributed by atoms with van der Waals surface area (Å²) in [4.78, 5) is 13.6. The standard InChI is InChI=1S/C13H18FNO3/c1-10-7-11(9-12(14)8-10)13(17)15(3-5-16)4-6-18-2/h7-9,16H,3-6H2,1-2H3. The van der Waals surface area contributed by atoms with E-state index in [0.29, 0.717) is 18.7 Å². The van der Waals surface area contributed by atoms with Crippen LogP contribution in [0.3, 0.4) is 0 Å². The van der Waals surface area contributed by atoms with Crippen LogP contribution in [0.2, 0.25) is 0 Å². The van der Waals surface area contributed by atoms with Crippen molar-refractivity contribution in [2.24, 2.45) is 0 Å². The number of halogens is 1. The van der Waals surface area contributed by atoms with Gasteiger partial charge in [0.1, 0.15) is 5.82 Å². The highest BCUT2D eigenvalue weighted by molar-refractivity contribution is 5.94. The molecule has 100 valence electrons. The molecule has 1 N–H and O–H groups in total. The summed E-state index contributed by atoms with van der Waals surface area (Å²) in [6.07, 6.45) is 0. The number of aryl methyl sites for hydroxylation is 1. The molecule has 0 heterocycles. The SMILES string of the molecule is COCCN(CCO)C(=O)c1cc(C)cc(F)c1. The fourth-order valence-electron chi connectivity index (χ4n) is 1.68. The van der Waals surface area contributed by atoms with Crippen molar-refractivity contribution in [1.29, 1.82) is 0 Å². The van der Waals surface area contributed by atoms with Gasteiger partial charge in [-0.05, 0) is 30.7 Å². The molecule has 0 saturated carbocycles. The van der Waals surface area contributed by atoms with Gasteiger partial charge in [-0.25, -0.2) is 4.39 Å². The molecule has 1 aromatic rings. The lowest BCUT2D eigenvalue weighted by molar-refractivity contribution is 0.0656. The second kappa shape index (κ2) is 7.08. The molecule has 18 heavy (non-hydrogen) atoms. The Kier molecular flexibility index (Phi) is 5.74. The van der Waals surface area contributed by atoms with Gasteiger partial charge in [0.2, 0.25) is 0 Å². The molecular formula is C13H18FNO3. The number of benzene rings is 1. The van der Waals surface area contributed by atoms with Crippen molar-refractivity contribution in [1.82, 2.24) is 4.90 Å². The highest BCUT2D eigenvalue weighted by Gasteiger charge is 2.16. The first kappa shape index (κ1) is 14.6. The van der Waals surface area contributed by atoms with E-state index in [2.05, 4.69) is 0 Å². The van der Waals surface area contributed by atoms with Crippen LogP contribution in [0.1, 0.15) is 15.9 Å². The van der Waals surface area contributed by atoms with Crippen LogP contribution in [-0.4, -0.2) is 49.3 Å². The fourth-order valence-corrected chi connectivity index (χ4v) is 1.68. The normalized spacial score (nSPS) is 10.4. The summed E-state index contributed by atoms with van der Waals surface area (Å²) in [5.41, 5.74) is 0.978. The number of hydrogen-bond acceptors (Lipinski definition) is 3. The van der Waals surface area contributed by atoms with Crippen molar-refractivity contribution in [2.45, 2.75) is 6.92 Å². The van der Waals surface area contributed by atoms with Crippen LogP contribution in [0, 0.1) is 12.7 Å². The van der Waals surface area contributed by atoms with Crippen LogP contribution in [0.5, 0.6) is 0 Å². The number of ether oxygens (including phenoxy) is 1. The van der Waals surface area contributed by atoms with Gasteiger partial charge < -0.3 is 14.7 Å². The van der Waals surface area contributed by atoms with Crippen LogP contribution >= 0.6 is 0 Å². The first-order valence-corrected chi connectivity index (χ1v) is 5.74. The smallest absolute Gasteiger partial charge is 0.254 e. The molecule has 1 amide bonds. The van der Waals surface area contributed by atoms with E-state index in [0.717, 1.165) is 0 Å². The summed E-state index contributed by atoms with van der Waals surface area (Å²) in [5, 5.41) is 8.93. The Bertz CT molecular complexity index is 389.